The zero-order valence-electron chi connectivity index (χ0n) is 4.85. The van der Waals surface area contributed by atoms with Crippen LogP contribution in [0.25, 0.3) is 0 Å². The standard InChI is InChI=1S/C3HCl2NS.CCl2O/c4-2-1-7-6-3(2)5;2-1(3)4/h1H;. The third kappa shape index (κ3) is 6.84. The van der Waals surface area contributed by atoms with Crippen molar-refractivity contribution in [3.8, 4) is 0 Å². The van der Waals surface area contributed by atoms with E-state index in [0.717, 1.165) is 0 Å². The van der Waals surface area contributed by atoms with Gasteiger partial charge < -0.3 is 0 Å². The fourth-order valence-corrected chi connectivity index (χ4v) is 1.11. The summed E-state index contributed by atoms with van der Waals surface area (Å²) < 4.78 is 2.80. The molecule has 2 nitrogen and oxygen atoms in total. The minimum atomic E-state index is -0.889. The minimum absolute atomic E-state index is 0.395. The molecule has 0 fully saturated rings. The van der Waals surface area contributed by atoms with Crippen LogP contribution in [0.3, 0.4) is 0 Å². The van der Waals surface area contributed by atoms with E-state index in [2.05, 4.69) is 27.6 Å². The van der Waals surface area contributed by atoms with E-state index in [1.165, 1.54) is 11.5 Å². The van der Waals surface area contributed by atoms with Gasteiger partial charge in [-0.2, -0.15) is 4.37 Å². The van der Waals surface area contributed by atoms with Crippen molar-refractivity contribution in [3.63, 3.8) is 0 Å². The zero-order valence-corrected chi connectivity index (χ0v) is 8.69. The van der Waals surface area contributed by atoms with Crippen molar-refractivity contribution < 1.29 is 4.79 Å². The van der Waals surface area contributed by atoms with Gasteiger partial charge in [-0.25, -0.2) is 0 Å². The number of aromatic nitrogens is 1. The fraction of sp³-hybridized carbons (Fsp3) is 0. The first-order chi connectivity index (χ1) is 5.04. The van der Waals surface area contributed by atoms with E-state index >= 15 is 0 Å². The molecule has 11 heavy (non-hydrogen) atoms. The second kappa shape index (κ2) is 6.03. The van der Waals surface area contributed by atoms with Gasteiger partial charge in [0.05, 0.1) is 5.02 Å². The lowest BCUT2D eigenvalue weighted by Crippen LogP contribution is -1.52. The minimum Gasteiger partial charge on any atom is -0.262 e. The van der Waals surface area contributed by atoms with Crippen LogP contribution in [0.2, 0.25) is 10.2 Å². The van der Waals surface area contributed by atoms with Gasteiger partial charge in [0.25, 0.3) is 0 Å². The molecule has 0 saturated carbocycles. The number of carbonyl (C=O) groups is 1. The lowest BCUT2D eigenvalue weighted by molar-refractivity contribution is 0.275. The number of hydrogen-bond donors (Lipinski definition) is 0. The van der Waals surface area contributed by atoms with Crippen molar-refractivity contribution >= 4 is 62.6 Å². The van der Waals surface area contributed by atoms with Crippen molar-refractivity contribution in [2.45, 2.75) is 0 Å². The molecule has 0 saturated heterocycles. The van der Waals surface area contributed by atoms with E-state index in [4.69, 9.17) is 28.0 Å². The third-order valence-corrected chi connectivity index (χ3v) is 2.02. The molecule has 0 spiro atoms. The van der Waals surface area contributed by atoms with E-state index < -0.39 is 4.70 Å². The molecule has 0 aliphatic rings. The average Bonchev–Trinajstić information content (AvgIpc) is 2.15. The quantitative estimate of drug-likeness (QED) is 0.653. The van der Waals surface area contributed by atoms with Gasteiger partial charge in [-0.3, -0.25) is 4.79 Å². The van der Waals surface area contributed by atoms with E-state index in [1.807, 2.05) is 0 Å². The Labute approximate surface area is 87.2 Å². The molecule has 0 amide bonds. The Balaban J connectivity index is 0.000000218. The summed E-state index contributed by atoms with van der Waals surface area (Å²) in [4.78, 5) is 8.98. The van der Waals surface area contributed by atoms with Crippen LogP contribution >= 0.6 is 57.9 Å². The summed E-state index contributed by atoms with van der Waals surface area (Å²) in [7, 11) is 0. The Morgan fingerprint density at radius 1 is 1.45 bits per heavy atom. The Bertz CT molecular complexity index is 217. The maximum atomic E-state index is 8.98. The van der Waals surface area contributed by atoms with Crippen LogP contribution in [-0.2, 0) is 0 Å². The van der Waals surface area contributed by atoms with Gasteiger partial charge in [0.15, 0.2) is 5.15 Å². The first-order valence-electron chi connectivity index (χ1n) is 2.14. The van der Waals surface area contributed by atoms with Gasteiger partial charge in [0, 0.05) is 5.38 Å². The summed E-state index contributed by atoms with van der Waals surface area (Å²) in [5, 5.41) is 2.61. The number of hydrogen-bond acceptors (Lipinski definition) is 3. The molecule has 0 unspecified atom stereocenters. The first kappa shape index (κ1) is 11.5. The highest BCUT2D eigenvalue weighted by Gasteiger charge is 1.94. The topological polar surface area (TPSA) is 30.0 Å². The van der Waals surface area contributed by atoms with Gasteiger partial charge in [-0.05, 0) is 34.7 Å². The van der Waals surface area contributed by atoms with Crippen molar-refractivity contribution in [3.05, 3.63) is 15.6 Å². The van der Waals surface area contributed by atoms with Crippen LogP contribution in [0.5, 0.6) is 0 Å². The van der Waals surface area contributed by atoms with Crippen molar-refractivity contribution in [2.24, 2.45) is 0 Å². The van der Waals surface area contributed by atoms with E-state index in [0.29, 0.717) is 10.2 Å². The van der Waals surface area contributed by atoms with Crippen LogP contribution in [0.1, 0.15) is 0 Å². The first-order valence-corrected chi connectivity index (χ1v) is 4.49. The predicted molar refractivity (Wildman–Crippen MR) is 49.2 cm³/mol. The van der Waals surface area contributed by atoms with Crippen LogP contribution in [0.4, 0.5) is 4.79 Å². The molecular weight excluding hydrogens is 252 g/mol. The SMILES string of the molecule is Clc1csnc1Cl.O=C(Cl)Cl. The molecule has 1 rings (SSSR count). The Morgan fingerprint density at radius 2 is 1.91 bits per heavy atom. The number of nitrogens with zero attached hydrogens (tertiary/aromatic N) is 1. The summed E-state index contributed by atoms with van der Waals surface area (Å²) in [5.41, 5.74) is 0. The van der Waals surface area contributed by atoms with Gasteiger partial charge in [0.1, 0.15) is 0 Å². The monoisotopic (exact) mass is 251 g/mol. The van der Waals surface area contributed by atoms with E-state index in [9.17, 15) is 0 Å². The summed E-state index contributed by atoms with van der Waals surface area (Å²) in [6, 6.07) is 0. The summed E-state index contributed by atoms with van der Waals surface area (Å²) in [6.45, 7) is 0. The predicted octanol–water partition coefficient (Wildman–Crippen LogP) is 4.03. The lowest BCUT2D eigenvalue weighted by Gasteiger charge is -1.71. The molecule has 1 aromatic rings. The maximum absolute atomic E-state index is 8.98. The van der Waals surface area contributed by atoms with Crippen LogP contribution in [0, 0.1) is 0 Å². The van der Waals surface area contributed by atoms with Crippen LogP contribution in [0.15, 0.2) is 5.38 Å². The summed E-state index contributed by atoms with van der Waals surface area (Å²) >= 11 is 20.9. The van der Waals surface area contributed by atoms with Gasteiger partial charge in [0.2, 0.25) is 0 Å². The second-order valence-electron chi connectivity index (χ2n) is 1.18. The molecule has 7 heteroatoms. The molecule has 0 aliphatic heterocycles. The molecule has 0 aromatic carbocycles. The van der Waals surface area contributed by atoms with Gasteiger partial charge in [-0.1, -0.05) is 23.2 Å². The second-order valence-corrected chi connectivity index (χ2v) is 3.45. The molecule has 0 atom stereocenters. The van der Waals surface area contributed by atoms with E-state index in [-0.39, 0.29) is 0 Å². The van der Waals surface area contributed by atoms with Crippen molar-refractivity contribution in [2.75, 3.05) is 0 Å². The maximum Gasteiger partial charge on any atom is 0.313 e. The average molecular weight is 253 g/mol. The fourth-order valence-electron chi connectivity index (χ4n) is 0.211. The van der Waals surface area contributed by atoms with Gasteiger partial charge >= 0.3 is 4.70 Å². The highest BCUT2D eigenvalue weighted by Crippen LogP contribution is 2.20. The Morgan fingerprint density at radius 3 is 2.00 bits per heavy atom. The van der Waals surface area contributed by atoms with Crippen LogP contribution < -0.4 is 0 Å². The number of carbonyl (C=O) groups excluding carboxylic acids is 1. The normalized spacial score (nSPS) is 8.36. The van der Waals surface area contributed by atoms with Gasteiger partial charge in [-0.15, -0.1) is 0 Å². The molecule has 0 N–H and O–H groups in total. The summed E-state index contributed by atoms with van der Waals surface area (Å²) in [5.74, 6) is 0. The molecular formula is C4HCl4NOS. The number of rotatable bonds is 0. The summed E-state index contributed by atoms with van der Waals surface area (Å²) in [6.07, 6.45) is 0. The Kier molecular flexibility index (Phi) is 6.28. The third-order valence-electron chi connectivity index (χ3n) is 0.486. The highest BCUT2D eigenvalue weighted by atomic mass is 35.5. The molecule has 1 aromatic heterocycles. The smallest absolute Gasteiger partial charge is 0.262 e. The largest absolute Gasteiger partial charge is 0.313 e. The molecule has 1 heterocycles. The lowest BCUT2D eigenvalue weighted by atomic mass is 10.8. The highest BCUT2D eigenvalue weighted by molar-refractivity contribution is 7.04. The van der Waals surface area contributed by atoms with Crippen LogP contribution in [-0.4, -0.2) is 9.08 Å². The zero-order chi connectivity index (χ0) is 8.85. The molecule has 0 radical (unpaired) electrons. The number of halogens is 4. The van der Waals surface area contributed by atoms with Crippen molar-refractivity contribution in [1.82, 2.24) is 4.37 Å². The van der Waals surface area contributed by atoms with E-state index in [1.54, 1.807) is 5.38 Å². The molecule has 62 valence electrons. The van der Waals surface area contributed by atoms with Crippen molar-refractivity contribution in [1.29, 1.82) is 0 Å². The molecule has 0 bridgehead atoms. The Hall–Kier alpha value is 0.460. The molecule has 0 aliphatic carbocycles.